The molecular formula is C24H41NO2. The third-order valence-electron chi connectivity index (χ3n) is 7.57. The molecule has 0 aromatic heterocycles. The number of carboxylic acids is 1. The smallest absolute Gasteiger partial charge is 0.309 e. The molecule has 3 aliphatic carbocycles. The van der Waals surface area contributed by atoms with Crippen LogP contribution in [0.3, 0.4) is 0 Å². The van der Waals surface area contributed by atoms with Crippen LogP contribution in [-0.4, -0.2) is 24.2 Å². The van der Waals surface area contributed by atoms with E-state index in [1.165, 1.54) is 24.8 Å². The molecule has 3 nitrogen and oxygen atoms in total. The van der Waals surface area contributed by atoms with Crippen molar-refractivity contribution in [3.05, 3.63) is 23.3 Å². The molecule has 1 saturated carbocycles. The van der Waals surface area contributed by atoms with Gasteiger partial charge in [-0.05, 0) is 80.9 Å². The predicted octanol–water partition coefficient (Wildman–Crippen LogP) is 5.82. The molecule has 0 amide bonds. The molecule has 3 heteroatoms. The van der Waals surface area contributed by atoms with E-state index < -0.39 is 11.4 Å². The van der Waals surface area contributed by atoms with E-state index in [-0.39, 0.29) is 11.3 Å². The van der Waals surface area contributed by atoms with E-state index in [4.69, 9.17) is 0 Å². The lowest BCUT2D eigenvalue weighted by Gasteiger charge is -2.57. The first-order valence-electron chi connectivity index (χ1n) is 11.0. The lowest BCUT2D eigenvalue weighted by molar-refractivity contribution is -0.162. The molecule has 0 aliphatic heterocycles. The number of fused-ring (bicyclic) bond motifs is 3. The topological polar surface area (TPSA) is 49.3 Å². The number of rotatable bonds is 4. The minimum Gasteiger partial charge on any atom is -0.481 e. The zero-order chi connectivity index (χ0) is 20.2. The zero-order valence-electron chi connectivity index (χ0n) is 18.4. The highest BCUT2D eigenvalue weighted by Gasteiger charge is 2.57. The van der Waals surface area contributed by atoms with Crippen molar-refractivity contribution in [2.75, 3.05) is 13.1 Å². The van der Waals surface area contributed by atoms with Crippen LogP contribution in [0.4, 0.5) is 0 Å². The summed E-state index contributed by atoms with van der Waals surface area (Å²) in [5.41, 5.74) is 2.69. The molecule has 0 saturated heterocycles. The number of aliphatic carboxylic acids is 1. The Hall–Kier alpha value is -1.09. The zero-order valence-corrected chi connectivity index (χ0v) is 18.4. The highest BCUT2D eigenvalue weighted by Crippen LogP contribution is 2.62. The largest absolute Gasteiger partial charge is 0.481 e. The minimum atomic E-state index is -0.588. The first kappa shape index (κ1) is 22.2. The van der Waals surface area contributed by atoms with Gasteiger partial charge in [0.2, 0.25) is 0 Å². The summed E-state index contributed by atoms with van der Waals surface area (Å²) in [4.78, 5) is 11.9. The van der Waals surface area contributed by atoms with E-state index in [9.17, 15) is 9.90 Å². The van der Waals surface area contributed by atoms with E-state index in [1.807, 2.05) is 6.92 Å². The molecule has 2 N–H and O–H groups in total. The van der Waals surface area contributed by atoms with Gasteiger partial charge < -0.3 is 10.4 Å². The van der Waals surface area contributed by atoms with E-state index >= 15 is 0 Å². The molecule has 0 radical (unpaired) electrons. The fourth-order valence-corrected chi connectivity index (χ4v) is 5.85. The molecule has 0 spiro atoms. The van der Waals surface area contributed by atoms with E-state index in [0.29, 0.717) is 11.8 Å². The van der Waals surface area contributed by atoms with Crippen LogP contribution in [0, 0.1) is 28.6 Å². The normalized spacial score (nSPS) is 35.2. The maximum atomic E-state index is 11.9. The van der Waals surface area contributed by atoms with Gasteiger partial charge in [-0.3, -0.25) is 4.79 Å². The maximum absolute atomic E-state index is 11.9. The maximum Gasteiger partial charge on any atom is 0.309 e. The Morgan fingerprint density at radius 3 is 2.44 bits per heavy atom. The lowest BCUT2D eigenvalue weighted by atomic mass is 9.47. The Morgan fingerprint density at radius 1 is 1.26 bits per heavy atom. The van der Waals surface area contributed by atoms with Crippen LogP contribution in [-0.2, 0) is 4.79 Å². The summed E-state index contributed by atoms with van der Waals surface area (Å²) >= 11 is 0. The summed E-state index contributed by atoms with van der Waals surface area (Å²) in [5.74, 6) is 0.888. The van der Waals surface area contributed by atoms with E-state index in [2.05, 4.69) is 52.1 Å². The van der Waals surface area contributed by atoms with Crippen molar-refractivity contribution in [3.8, 4) is 0 Å². The summed E-state index contributed by atoms with van der Waals surface area (Å²) in [7, 11) is 0. The molecule has 3 unspecified atom stereocenters. The molecular weight excluding hydrogens is 334 g/mol. The molecule has 0 aromatic carbocycles. The van der Waals surface area contributed by atoms with Gasteiger partial charge in [0.15, 0.2) is 0 Å². The van der Waals surface area contributed by atoms with Gasteiger partial charge in [0, 0.05) is 0 Å². The van der Waals surface area contributed by atoms with Crippen LogP contribution in [0.15, 0.2) is 23.3 Å². The van der Waals surface area contributed by atoms with Crippen molar-refractivity contribution in [2.24, 2.45) is 28.6 Å². The number of hydrogen-bond donors (Lipinski definition) is 2. The lowest BCUT2D eigenvalue weighted by Crippen LogP contribution is -2.53. The second-order valence-corrected chi connectivity index (χ2v) is 9.50. The van der Waals surface area contributed by atoms with Gasteiger partial charge in [0.05, 0.1) is 5.41 Å². The summed E-state index contributed by atoms with van der Waals surface area (Å²) in [5, 5.41) is 12.9. The molecule has 0 bridgehead atoms. The van der Waals surface area contributed by atoms with Gasteiger partial charge in [-0.2, -0.15) is 0 Å². The van der Waals surface area contributed by atoms with Gasteiger partial charge in [0.1, 0.15) is 0 Å². The Bertz CT molecular complexity index is 589. The summed E-state index contributed by atoms with van der Waals surface area (Å²) in [6, 6.07) is 0. The monoisotopic (exact) mass is 375 g/mol. The first-order valence-corrected chi connectivity index (χ1v) is 11.0. The Labute approximate surface area is 166 Å². The number of nitrogens with one attached hydrogen (secondary N) is 1. The first-order chi connectivity index (χ1) is 12.7. The van der Waals surface area contributed by atoms with Crippen LogP contribution in [0.2, 0.25) is 0 Å². The number of hydrogen-bond acceptors (Lipinski definition) is 2. The minimum absolute atomic E-state index is 0.161. The second-order valence-electron chi connectivity index (χ2n) is 9.50. The van der Waals surface area contributed by atoms with Gasteiger partial charge in [0.25, 0.3) is 0 Å². The van der Waals surface area contributed by atoms with Crippen LogP contribution in [0.25, 0.3) is 0 Å². The van der Waals surface area contributed by atoms with Crippen LogP contribution in [0.5, 0.6) is 0 Å². The number of allylic oxidation sites excluding steroid dienone is 4. The molecule has 27 heavy (non-hydrogen) atoms. The van der Waals surface area contributed by atoms with Crippen molar-refractivity contribution in [1.29, 1.82) is 0 Å². The number of carbonyl (C=O) groups is 1. The molecule has 0 aromatic rings. The van der Waals surface area contributed by atoms with Crippen molar-refractivity contribution in [2.45, 2.75) is 80.1 Å². The Morgan fingerprint density at radius 2 is 1.93 bits per heavy atom. The Balaban J connectivity index is 0.000000465. The molecule has 3 aliphatic rings. The average Bonchev–Trinajstić information content (AvgIpc) is 2.62. The summed E-state index contributed by atoms with van der Waals surface area (Å²) in [6.07, 6.45) is 11.2. The Kier molecular flexibility index (Phi) is 7.35. The van der Waals surface area contributed by atoms with Gasteiger partial charge in [-0.25, -0.2) is 0 Å². The van der Waals surface area contributed by atoms with Gasteiger partial charge in [-0.1, -0.05) is 58.8 Å². The molecule has 3 rings (SSSR count). The molecule has 0 heterocycles. The average molecular weight is 376 g/mol. The molecule has 154 valence electrons. The van der Waals surface area contributed by atoms with E-state index in [0.717, 1.165) is 32.4 Å². The SMILES string of the molecule is CC(C)C1=CC2=CCC3C(C)(C(=O)O)CCC[C@]3(C)C2CC1.CCNCC. The van der Waals surface area contributed by atoms with E-state index in [1.54, 1.807) is 5.57 Å². The fourth-order valence-electron chi connectivity index (χ4n) is 5.85. The van der Waals surface area contributed by atoms with Gasteiger partial charge >= 0.3 is 5.97 Å². The van der Waals surface area contributed by atoms with Crippen LogP contribution < -0.4 is 5.32 Å². The van der Waals surface area contributed by atoms with Gasteiger partial charge in [-0.15, -0.1) is 0 Å². The van der Waals surface area contributed by atoms with Crippen molar-refractivity contribution < 1.29 is 9.90 Å². The summed E-state index contributed by atoms with van der Waals surface area (Å²) < 4.78 is 0. The van der Waals surface area contributed by atoms with Crippen LogP contribution in [0.1, 0.15) is 80.1 Å². The summed E-state index contributed by atoms with van der Waals surface area (Å²) in [6.45, 7) is 15.3. The molecule has 1 fully saturated rings. The predicted molar refractivity (Wildman–Crippen MR) is 114 cm³/mol. The number of carboxylic acid groups (broad SMARTS) is 1. The third-order valence-corrected chi connectivity index (χ3v) is 7.57. The fraction of sp³-hybridized carbons (Fsp3) is 0.792. The van der Waals surface area contributed by atoms with Crippen molar-refractivity contribution in [3.63, 3.8) is 0 Å². The molecule has 4 atom stereocenters. The third kappa shape index (κ3) is 4.34. The van der Waals surface area contributed by atoms with Crippen molar-refractivity contribution in [1.82, 2.24) is 5.32 Å². The second kappa shape index (κ2) is 8.94. The highest BCUT2D eigenvalue weighted by molar-refractivity contribution is 5.75. The standard InChI is InChI=1S/C20H30O2.C4H11N/c1-13(2)14-6-8-16-15(12-14)7-9-17-19(16,3)10-5-11-20(17,4)18(21)22;1-3-5-4-2/h7,12-13,16-17H,5-6,8-11H2,1-4H3,(H,21,22);5H,3-4H2,1-2H3/t16?,17?,19-,20?;/m1./s1. The quantitative estimate of drug-likeness (QED) is 0.650. The van der Waals surface area contributed by atoms with Crippen LogP contribution >= 0.6 is 0 Å². The highest BCUT2D eigenvalue weighted by atomic mass is 16.4. The van der Waals surface area contributed by atoms with Crippen molar-refractivity contribution >= 4 is 5.97 Å².